The van der Waals surface area contributed by atoms with Gasteiger partial charge in [0.05, 0.1) is 18.3 Å². The Balaban J connectivity index is 1.31. The van der Waals surface area contributed by atoms with Crippen LogP contribution in [0.2, 0.25) is 0 Å². The number of rotatable bonds is 3. The molecule has 4 heteroatoms. The van der Waals surface area contributed by atoms with Gasteiger partial charge in [0.1, 0.15) is 6.07 Å². The number of hydrogen-bond acceptors (Lipinski definition) is 3. The Labute approximate surface area is 175 Å². The summed E-state index contributed by atoms with van der Waals surface area (Å²) in [4.78, 5) is 13.3. The van der Waals surface area contributed by atoms with E-state index in [9.17, 15) is 4.79 Å². The highest BCUT2D eigenvalue weighted by atomic mass is 16.1. The fourth-order valence-electron chi connectivity index (χ4n) is 8.39. The van der Waals surface area contributed by atoms with E-state index in [1.54, 1.807) is 17.1 Å². The van der Waals surface area contributed by atoms with E-state index < -0.39 is 0 Å². The van der Waals surface area contributed by atoms with Crippen molar-refractivity contribution in [1.29, 1.82) is 5.26 Å². The van der Waals surface area contributed by atoms with E-state index in [0.717, 1.165) is 41.9 Å². The third kappa shape index (κ3) is 3.16. The number of hydrogen-bond donors (Lipinski definition) is 0. The molecule has 0 bridgehead atoms. The third-order valence-electron chi connectivity index (χ3n) is 9.69. The zero-order valence-electron chi connectivity index (χ0n) is 18.0. The van der Waals surface area contributed by atoms with Crippen molar-refractivity contribution in [2.24, 2.45) is 46.8 Å². The van der Waals surface area contributed by atoms with Crippen molar-refractivity contribution < 1.29 is 4.79 Å². The summed E-state index contributed by atoms with van der Waals surface area (Å²) >= 11 is 0. The van der Waals surface area contributed by atoms with Crippen LogP contribution < -0.4 is 0 Å². The van der Waals surface area contributed by atoms with E-state index >= 15 is 0 Å². The van der Waals surface area contributed by atoms with Crippen LogP contribution in [0.1, 0.15) is 77.2 Å². The molecule has 4 saturated carbocycles. The molecule has 4 fully saturated rings. The van der Waals surface area contributed by atoms with Gasteiger partial charge in [-0.05, 0) is 92.3 Å². The average molecular weight is 394 g/mol. The third-order valence-corrected chi connectivity index (χ3v) is 9.69. The zero-order valence-corrected chi connectivity index (χ0v) is 18.0. The van der Waals surface area contributed by atoms with Gasteiger partial charge in [0.25, 0.3) is 0 Å². The van der Waals surface area contributed by atoms with Crippen molar-refractivity contribution in [2.45, 2.75) is 78.2 Å². The molecule has 8 atom stereocenters. The Morgan fingerprint density at radius 3 is 2.79 bits per heavy atom. The van der Waals surface area contributed by atoms with Crippen LogP contribution >= 0.6 is 0 Å². The number of carbonyl (C=O) groups excluding carboxylic acids is 1. The van der Waals surface area contributed by atoms with Crippen molar-refractivity contribution in [2.75, 3.05) is 0 Å². The van der Waals surface area contributed by atoms with Crippen LogP contribution in [0.15, 0.2) is 12.4 Å². The molecule has 156 valence electrons. The van der Waals surface area contributed by atoms with Gasteiger partial charge in [0.15, 0.2) is 5.78 Å². The van der Waals surface area contributed by atoms with E-state index in [0.29, 0.717) is 17.9 Å². The minimum atomic E-state index is 0.173. The van der Waals surface area contributed by atoms with Crippen molar-refractivity contribution in [3.05, 3.63) is 18.0 Å². The van der Waals surface area contributed by atoms with E-state index in [4.69, 9.17) is 5.26 Å². The topological polar surface area (TPSA) is 58.7 Å². The summed E-state index contributed by atoms with van der Waals surface area (Å²) in [7, 11) is 0. The normalized spacial score (nSPS) is 43.7. The summed E-state index contributed by atoms with van der Waals surface area (Å²) in [5.41, 5.74) is 0.713. The van der Waals surface area contributed by atoms with Gasteiger partial charge < -0.3 is 0 Å². The highest BCUT2D eigenvalue weighted by Gasteiger charge is 2.58. The summed E-state index contributed by atoms with van der Waals surface area (Å²) in [6.07, 6.45) is 15.3. The van der Waals surface area contributed by atoms with Gasteiger partial charge in [0.2, 0.25) is 0 Å². The first-order valence-electron chi connectivity index (χ1n) is 11.9. The first-order valence-corrected chi connectivity index (χ1v) is 11.9. The van der Waals surface area contributed by atoms with Crippen LogP contribution in [-0.2, 0) is 11.3 Å². The van der Waals surface area contributed by atoms with Gasteiger partial charge in [0, 0.05) is 12.1 Å². The molecule has 4 aliphatic rings. The lowest BCUT2D eigenvalue weighted by molar-refractivity contribution is -0.131. The molecule has 1 heterocycles. The number of nitrogens with zero attached hydrogens (tertiary/aromatic N) is 3. The molecule has 0 spiro atoms. The van der Waals surface area contributed by atoms with Crippen molar-refractivity contribution in [3.63, 3.8) is 0 Å². The van der Waals surface area contributed by atoms with Crippen LogP contribution in [0.25, 0.3) is 0 Å². The number of nitriles is 1. The maximum absolute atomic E-state index is 13.3. The molecule has 0 aromatic carbocycles. The van der Waals surface area contributed by atoms with E-state index in [1.807, 2.05) is 0 Å². The molecule has 1 aromatic heterocycles. The second kappa shape index (κ2) is 7.25. The fraction of sp³-hybridized carbons (Fsp3) is 0.800. The molecular formula is C25H35N3O. The summed E-state index contributed by atoms with van der Waals surface area (Å²) in [6.45, 7) is 5.21. The Morgan fingerprint density at radius 1 is 1.17 bits per heavy atom. The Kier molecular flexibility index (Phi) is 4.84. The molecule has 2 unspecified atom stereocenters. The molecule has 0 N–H and O–H groups in total. The highest BCUT2D eigenvalue weighted by molar-refractivity contribution is 5.82. The van der Waals surface area contributed by atoms with Crippen LogP contribution in [0.5, 0.6) is 0 Å². The Morgan fingerprint density at radius 2 is 2.00 bits per heavy atom. The van der Waals surface area contributed by atoms with E-state index in [-0.39, 0.29) is 11.3 Å². The number of Topliss-reactive ketones (excluding diaryl/α,β-unsaturated/α-hetero) is 1. The maximum atomic E-state index is 13.3. The first-order chi connectivity index (χ1) is 14.0. The molecule has 0 radical (unpaired) electrons. The molecule has 0 saturated heterocycles. The minimum Gasteiger partial charge on any atom is -0.297 e. The lowest BCUT2D eigenvalue weighted by Gasteiger charge is -2.56. The van der Waals surface area contributed by atoms with Gasteiger partial charge >= 0.3 is 0 Å². The minimum absolute atomic E-state index is 0.173. The number of ketones is 1. The van der Waals surface area contributed by atoms with Crippen LogP contribution in [-0.4, -0.2) is 15.6 Å². The van der Waals surface area contributed by atoms with Gasteiger partial charge in [-0.2, -0.15) is 10.4 Å². The van der Waals surface area contributed by atoms with Crippen molar-refractivity contribution in [3.8, 4) is 6.07 Å². The molecule has 5 rings (SSSR count). The number of fused-ring (bicyclic) bond motifs is 5. The maximum Gasteiger partial charge on any atom is 0.157 e. The summed E-state index contributed by atoms with van der Waals surface area (Å²) < 4.78 is 1.66. The quantitative estimate of drug-likeness (QED) is 0.706. The number of aromatic nitrogens is 2. The van der Waals surface area contributed by atoms with Crippen molar-refractivity contribution >= 4 is 5.78 Å². The zero-order chi connectivity index (χ0) is 20.2. The van der Waals surface area contributed by atoms with Gasteiger partial charge in [-0.15, -0.1) is 0 Å². The molecule has 0 aliphatic heterocycles. The summed E-state index contributed by atoms with van der Waals surface area (Å²) in [6, 6.07) is 2.10. The second-order valence-corrected chi connectivity index (χ2v) is 11.0. The van der Waals surface area contributed by atoms with Crippen LogP contribution in [0.3, 0.4) is 0 Å². The van der Waals surface area contributed by atoms with E-state index in [1.165, 1.54) is 51.4 Å². The summed E-state index contributed by atoms with van der Waals surface area (Å²) in [5.74, 6) is 5.92. The Hall–Kier alpha value is -1.63. The van der Waals surface area contributed by atoms with Crippen molar-refractivity contribution in [1.82, 2.24) is 9.78 Å². The number of carbonyl (C=O) groups is 1. The fourth-order valence-corrected chi connectivity index (χ4v) is 8.39. The predicted octanol–water partition coefficient (Wildman–Crippen LogP) is 5.23. The standard InChI is InChI=1S/C25H35N3O/c1-16-3-5-19-18(11-16)4-6-21-20(19)9-10-25(2)22(21)7-8-23(25)24(29)15-28-14-17(12-26)13-27-28/h13-14,16,18-23H,3-11,15H2,1-2H3/t16-,18+,19-,20?,21+,22?,23+,25-/m0/s1. The average Bonchev–Trinajstić information content (AvgIpc) is 3.30. The first kappa shape index (κ1) is 19.3. The molecule has 4 aliphatic carbocycles. The molecule has 1 aromatic rings. The largest absolute Gasteiger partial charge is 0.297 e. The SMILES string of the molecule is C[C@H]1CC[C@@H]2C3CC[C@@]4(C)C(CC[C@@H]4C(=O)Cn4cc(C#N)cn4)[C@@H]3CC[C@@H]2C1. The van der Waals surface area contributed by atoms with Gasteiger partial charge in [-0.1, -0.05) is 20.3 Å². The molecule has 4 nitrogen and oxygen atoms in total. The summed E-state index contributed by atoms with van der Waals surface area (Å²) in [5, 5.41) is 13.2. The monoisotopic (exact) mass is 393 g/mol. The highest BCUT2D eigenvalue weighted by Crippen LogP contribution is 2.64. The smallest absolute Gasteiger partial charge is 0.157 e. The molecule has 29 heavy (non-hydrogen) atoms. The predicted molar refractivity (Wildman–Crippen MR) is 112 cm³/mol. The van der Waals surface area contributed by atoms with Gasteiger partial charge in [-0.25, -0.2) is 0 Å². The van der Waals surface area contributed by atoms with Crippen LogP contribution in [0.4, 0.5) is 0 Å². The van der Waals surface area contributed by atoms with Gasteiger partial charge in [-0.3, -0.25) is 9.48 Å². The Bertz CT molecular complexity index is 822. The van der Waals surface area contributed by atoms with E-state index in [2.05, 4.69) is 25.0 Å². The lowest BCUT2D eigenvalue weighted by Crippen LogP contribution is -2.49. The second-order valence-electron chi connectivity index (χ2n) is 11.0. The van der Waals surface area contributed by atoms with Crippen LogP contribution in [0, 0.1) is 58.2 Å². The molecule has 0 amide bonds. The lowest BCUT2D eigenvalue weighted by atomic mass is 9.49. The molecular weight excluding hydrogens is 358 g/mol.